The molecule has 0 spiro atoms. The number of aryl methyl sites for hydroxylation is 1. The summed E-state index contributed by atoms with van der Waals surface area (Å²) in [5, 5.41) is 19.3. The highest BCUT2D eigenvalue weighted by atomic mass is 16.4. The molecule has 0 radical (unpaired) electrons. The Hall–Kier alpha value is -1.81. The van der Waals surface area contributed by atoms with Crippen molar-refractivity contribution in [3.05, 3.63) is 35.0 Å². The Balaban J connectivity index is 2.74. The van der Waals surface area contributed by atoms with Crippen molar-refractivity contribution in [3.8, 4) is 0 Å². The summed E-state index contributed by atoms with van der Waals surface area (Å²) < 4.78 is 0. The number of hydrogen-bond donors (Lipinski definition) is 3. The summed E-state index contributed by atoms with van der Waals surface area (Å²) in [7, 11) is 0. The van der Waals surface area contributed by atoms with Gasteiger partial charge in [-0.25, -0.2) is 4.79 Å². The van der Waals surface area contributed by atoms with Gasteiger partial charge in [-0.05, 0) is 32.0 Å². The Labute approximate surface area is 92.5 Å². The maximum atomic E-state index is 10.9. The fourth-order valence-corrected chi connectivity index (χ4v) is 2.02. The van der Waals surface area contributed by atoms with Crippen LogP contribution in [0.2, 0.25) is 0 Å². The van der Waals surface area contributed by atoms with Gasteiger partial charge < -0.3 is 15.2 Å². The lowest BCUT2D eigenvalue weighted by atomic mass is 10.0. The van der Waals surface area contributed by atoms with Gasteiger partial charge in [0.15, 0.2) is 0 Å². The van der Waals surface area contributed by atoms with E-state index in [1.807, 2.05) is 6.92 Å². The quantitative estimate of drug-likeness (QED) is 0.725. The highest BCUT2D eigenvalue weighted by molar-refractivity contribution is 5.95. The smallest absolute Gasteiger partial charge is 0.335 e. The average Bonchev–Trinajstić information content (AvgIpc) is 2.51. The predicted molar refractivity (Wildman–Crippen MR) is 60.6 cm³/mol. The van der Waals surface area contributed by atoms with E-state index in [2.05, 4.69) is 4.98 Å². The SMILES string of the molecule is Cc1[nH]c2ccc(C(=O)O)cc2c1C(C)O. The molecule has 3 N–H and O–H groups in total. The number of H-pyrrole nitrogens is 1. The molecule has 0 aliphatic heterocycles. The van der Waals surface area contributed by atoms with Gasteiger partial charge >= 0.3 is 5.97 Å². The number of rotatable bonds is 2. The largest absolute Gasteiger partial charge is 0.478 e. The number of carboxylic acid groups (broad SMARTS) is 1. The molecule has 0 aliphatic rings. The van der Waals surface area contributed by atoms with Gasteiger partial charge in [-0.2, -0.15) is 0 Å². The summed E-state index contributed by atoms with van der Waals surface area (Å²) >= 11 is 0. The molecule has 1 atom stereocenters. The van der Waals surface area contributed by atoms with Crippen molar-refractivity contribution in [1.29, 1.82) is 0 Å². The number of nitrogens with one attached hydrogen (secondary N) is 1. The van der Waals surface area contributed by atoms with Gasteiger partial charge in [0.2, 0.25) is 0 Å². The Kier molecular flexibility index (Phi) is 2.44. The average molecular weight is 219 g/mol. The molecule has 1 aromatic heterocycles. The number of aromatic nitrogens is 1. The van der Waals surface area contributed by atoms with Gasteiger partial charge in [-0.15, -0.1) is 0 Å². The molecule has 0 amide bonds. The number of aliphatic hydroxyl groups excluding tert-OH is 1. The molecular formula is C12H13NO3. The second kappa shape index (κ2) is 3.64. The first-order valence-corrected chi connectivity index (χ1v) is 5.04. The monoisotopic (exact) mass is 219 g/mol. The Morgan fingerprint density at radius 1 is 1.44 bits per heavy atom. The van der Waals surface area contributed by atoms with Crippen molar-refractivity contribution >= 4 is 16.9 Å². The summed E-state index contributed by atoms with van der Waals surface area (Å²) in [6.07, 6.45) is -0.613. The number of aromatic carboxylic acids is 1. The van der Waals surface area contributed by atoms with Crippen molar-refractivity contribution in [2.75, 3.05) is 0 Å². The van der Waals surface area contributed by atoms with E-state index >= 15 is 0 Å². The summed E-state index contributed by atoms with van der Waals surface area (Å²) in [6, 6.07) is 4.85. The van der Waals surface area contributed by atoms with Crippen LogP contribution in [-0.4, -0.2) is 21.2 Å². The number of hydrogen-bond acceptors (Lipinski definition) is 2. The Morgan fingerprint density at radius 3 is 2.69 bits per heavy atom. The topological polar surface area (TPSA) is 73.3 Å². The first-order valence-electron chi connectivity index (χ1n) is 5.04. The predicted octanol–water partition coefficient (Wildman–Crippen LogP) is 2.23. The van der Waals surface area contributed by atoms with Gasteiger partial charge in [0.05, 0.1) is 11.7 Å². The number of carbonyl (C=O) groups is 1. The van der Waals surface area contributed by atoms with E-state index < -0.39 is 12.1 Å². The van der Waals surface area contributed by atoms with Gasteiger partial charge in [0, 0.05) is 22.2 Å². The number of aromatic amines is 1. The fourth-order valence-electron chi connectivity index (χ4n) is 2.02. The third-order valence-corrected chi connectivity index (χ3v) is 2.70. The molecule has 0 fully saturated rings. The first kappa shape index (κ1) is 10.7. The van der Waals surface area contributed by atoms with Crippen LogP contribution in [0, 0.1) is 6.92 Å². The molecule has 0 aliphatic carbocycles. The number of fused-ring (bicyclic) bond motifs is 1. The molecule has 0 saturated carbocycles. The zero-order valence-electron chi connectivity index (χ0n) is 9.11. The second-order valence-electron chi connectivity index (χ2n) is 3.91. The van der Waals surface area contributed by atoms with Crippen molar-refractivity contribution < 1.29 is 15.0 Å². The first-order chi connectivity index (χ1) is 7.50. The number of carboxylic acids is 1. The zero-order chi connectivity index (χ0) is 11.9. The Morgan fingerprint density at radius 2 is 2.12 bits per heavy atom. The minimum Gasteiger partial charge on any atom is -0.478 e. The van der Waals surface area contributed by atoms with Gasteiger partial charge in [0.25, 0.3) is 0 Å². The van der Waals surface area contributed by atoms with E-state index in [9.17, 15) is 9.90 Å². The van der Waals surface area contributed by atoms with Crippen LogP contribution in [0.15, 0.2) is 18.2 Å². The Bertz CT molecular complexity index is 555. The summed E-state index contributed by atoms with van der Waals surface area (Å²) in [5.74, 6) is -0.961. The van der Waals surface area contributed by atoms with Crippen LogP contribution in [0.25, 0.3) is 10.9 Å². The van der Waals surface area contributed by atoms with E-state index in [1.54, 1.807) is 25.1 Å². The van der Waals surface area contributed by atoms with E-state index in [0.29, 0.717) is 0 Å². The zero-order valence-corrected chi connectivity index (χ0v) is 9.11. The van der Waals surface area contributed by atoms with Crippen LogP contribution < -0.4 is 0 Å². The number of benzene rings is 1. The molecule has 0 bridgehead atoms. The van der Waals surface area contributed by atoms with Crippen LogP contribution in [0.5, 0.6) is 0 Å². The van der Waals surface area contributed by atoms with E-state index in [0.717, 1.165) is 22.2 Å². The third-order valence-electron chi connectivity index (χ3n) is 2.70. The van der Waals surface area contributed by atoms with Gasteiger partial charge in [-0.3, -0.25) is 0 Å². The van der Waals surface area contributed by atoms with Gasteiger partial charge in [-0.1, -0.05) is 0 Å². The summed E-state index contributed by atoms with van der Waals surface area (Å²) in [5.41, 5.74) is 2.71. The van der Waals surface area contributed by atoms with Crippen molar-refractivity contribution in [3.63, 3.8) is 0 Å². The van der Waals surface area contributed by atoms with Crippen LogP contribution in [0.1, 0.15) is 34.6 Å². The normalized spacial score (nSPS) is 12.9. The van der Waals surface area contributed by atoms with Crippen molar-refractivity contribution in [1.82, 2.24) is 4.98 Å². The van der Waals surface area contributed by atoms with Crippen LogP contribution in [0.4, 0.5) is 0 Å². The highest BCUT2D eigenvalue weighted by Crippen LogP contribution is 2.28. The van der Waals surface area contributed by atoms with Crippen molar-refractivity contribution in [2.45, 2.75) is 20.0 Å². The molecule has 4 heteroatoms. The lowest BCUT2D eigenvalue weighted by Crippen LogP contribution is -1.96. The molecule has 1 aromatic carbocycles. The molecule has 16 heavy (non-hydrogen) atoms. The third kappa shape index (κ3) is 1.57. The second-order valence-corrected chi connectivity index (χ2v) is 3.91. The van der Waals surface area contributed by atoms with Crippen LogP contribution in [0.3, 0.4) is 0 Å². The van der Waals surface area contributed by atoms with Gasteiger partial charge in [0.1, 0.15) is 0 Å². The highest BCUT2D eigenvalue weighted by Gasteiger charge is 2.14. The van der Waals surface area contributed by atoms with Crippen LogP contribution in [-0.2, 0) is 0 Å². The lowest BCUT2D eigenvalue weighted by Gasteiger charge is -2.04. The summed E-state index contributed by atoms with van der Waals surface area (Å²) in [6.45, 7) is 3.53. The molecule has 84 valence electrons. The minimum atomic E-state index is -0.961. The molecule has 0 saturated heterocycles. The lowest BCUT2D eigenvalue weighted by molar-refractivity contribution is 0.0697. The van der Waals surface area contributed by atoms with E-state index in [1.165, 1.54) is 0 Å². The molecule has 1 heterocycles. The molecule has 2 rings (SSSR count). The van der Waals surface area contributed by atoms with Crippen LogP contribution >= 0.6 is 0 Å². The van der Waals surface area contributed by atoms with E-state index in [-0.39, 0.29) is 5.56 Å². The molecular weight excluding hydrogens is 206 g/mol. The molecule has 2 aromatic rings. The maximum absolute atomic E-state index is 10.9. The maximum Gasteiger partial charge on any atom is 0.335 e. The number of aliphatic hydroxyl groups is 1. The van der Waals surface area contributed by atoms with Crippen molar-refractivity contribution in [2.24, 2.45) is 0 Å². The fraction of sp³-hybridized carbons (Fsp3) is 0.250. The summed E-state index contributed by atoms with van der Waals surface area (Å²) in [4.78, 5) is 14.0. The standard InChI is InChI=1S/C12H13NO3/c1-6-11(7(2)14)9-5-8(12(15)16)3-4-10(9)13-6/h3-5,7,13-14H,1-2H3,(H,15,16). The minimum absolute atomic E-state index is 0.230. The van der Waals surface area contributed by atoms with E-state index in [4.69, 9.17) is 5.11 Å². The molecule has 1 unspecified atom stereocenters. The molecule has 4 nitrogen and oxygen atoms in total.